The zero-order valence-electron chi connectivity index (χ0n) is 8.45. The minimum Gasteiger partial charge on any atom is -0.298 e. The van der Waals surface area contributed by atoms with E-state index < -0.39 is 0 Å². The average Bonchev–Trinajstić information content (AvgIpc) is 2.19. The highest BCUT2D eigenvalue weighted by molar-refractivity contribution is 8.00. The van der Waals surface area contributed by atoms with Gasteiger partial charge >= 0.3 is 0 Å². The van der Waals surface area contributed by atoms with Crippen LogP contribution in [0.4, 0.5) is 0 Å². The van der Waals surface area contributed by atoms with E-state index in [-0.39, 0.29) is 0 Å². The predicted octanol–water partition coefficient (Wildman–Crippen LogP) is 3.72. The van der Waals surface area contributed by atoms with Crippen molar-refractivity contribution in [2.75, 3.05) is 11.5 Å². The Labute approximate surface area is 93.7 Å². The van der Waals surface area contributed by atoms with Crippen molar-refractivity contribution < 1.29 is 4.79 Å². The van der Waals surface area contributed by atoms with Gasteiger partial charge in [0, 0.05) is 15.4 Å². The first-order valence-corrected chi connectivity index (χ1v) is 6.63. The van der Waals surface area contributed by atoms with Gasteiger partial charge in [-0.15, -0.1) is 23.5 Å². The number of aldehydes is 1. The van der Waals surface area contributed by atoms with Gasteiger partial charge in [0.1, 0.15) is 0 Å². The molecule has 14 heavy (non-hydrogen) atoms. The van der Waals surface area contributed by atoms with E-state index in [0.717, 1.165) is 28.3 Å². The second-order valence-corrected chi connectivity index (χ2v) is 5.33. The lowest BCUT2D eigenvalue weighted by atomic mass is 10.2. The van der Waals surface area contributed by atoms with E-state index in [0.29, 0.717) is 0 Å². The molecule has 1 aromatic carbocycles. The molecule has 0 aliphatic rings. The molecule has 0 aliphatic carbocycles. The lowest BCUT2D eigenvalue weighted by Gasteiger charge is -2.05. The molecule has 3 heteroatoms. The molecule has 0 heterocycles. The summed E-state index contributed by atoms with van der Waals surface area (Å²) >= 11 is 3.53. The van der Waals surface area contributed by atoms with Gasteiger partial charge in [-0.25, -0.2) is 0 Å². The Kier molecular flexibility index (Phi) is 5.12. The molecule has 0 fully saturated rings. The van der Waals surface area contributed by atoms with Crippen LogP contribution >= 0.6 is 23.5 Å². The summed E-state index contributed by atoms with van der Waals surface area (Å²) in [6.45, 7) is 4.23. The van der Waals surface area contributed by atoms with Gasteiger partial charge in [0.25, 0.3) is 0 Å². The zero-order valence-corrected chi connectivity index (χ0v) is 10.1. The smallest absolute Gasteiger partial charge is 0.151 e. The van der Waals surface area contributed by atoms with Crippen molar-refractivity contribution in [2.24, 2.45) is 0 Å². The molecule has 0 amide bonds. The summed E-state index contributed by atoms with van der Waals surface area (Å²) in [6, 6.07) is 6.02. The average molecular weight is 226 g/mol. The lowest BCUT2D eigenvalue weighted by Crippen LogP contribution is -1.86. The standard InChI is InChI=1S/C11H14OS2/c1-3-13-10-6-5-9(8-12)11(7-10)14-4-2/h5-8H,3-4H2,1-2H3. The minimum absolute atomic E-state index is 0.803. The van der Waals surface area contributed by atoms with Gasteiger partial charge in [0.05, 0.1) is 0 Å². The van der Waals surface area contributed by atoms with Gasteiger partial charge in [0.15, 0.2) is 6.29 Å². The van der Waals surface area contributed by atoms with Crippen molar-refractivity contribution in [1.29, 1.82) is 0 Å². The van der Waals surface area contributed by atoms with Gasteiger partial charge in [-0.05, 0) is 29.7 Å². The maximum atomic E-state index is 10.8. The quantitative estimate of drug-likeness (QED) is 0.562. The molecule has 0 atom stereocenters. The first-order valence-electron chi connectivity index (χ1n) is 4.66. The van der Waals surface area contributed by atoms with Crippen LogP contribution in [0.3, 0.4) is 0 Å². The van der Waals surface area contributed by atoms with Crippen molar-refractivity contribution in [3.05, 3.63) is 23.8 Å². The molecule has 1 rings (SSSR count). The maximum Gasteiger partial charge on any atom is 0.151 e. The molecule has 0 saturated carbocycles. The Hall–Kier alpha value is -0.410. The van der Waals surface area contributed by atoms with E-state index >= 15 is 0 Å². The topological polar surface area (TPSA) is 17.1 Å². The van der Waals surface area contributed by atoms with Crippen molar-refractivity contribution in [3.63, 3.8) is 0 Å². The number of hydrogen-bond acceptors (Lipinski definition) is 3. The second-order valence-electron chi connectivity index (χ2n) is 2.68. The number of rotatable bonds is 5. The van der Waals surface area contributed by atoms with E-state index in [9.17, 15) is 4.79 Å². The molecule has 0 radical (unpaired) electrons. The van der Waals surface area contributed by atoms with E-state index in [1.54, 1.807) is 23.5 Å². The van der Waals surface area contributed by atoms with Crippen LogP contribution in [0.25, 0.3) is 0 Å². The fraction of sp³-hybridized carbons (Fsp3) is 0.364. The van der Waals surface area contributed by atoms with Crippen LogP contribution in [0.2, 0.25) is 0 Å². The molecule has 0 aliphatic heterocycles. The second kappa shape index (κ2) is 6.14. The van der Waals surface area contributed by atoms with Crippen molar-refractivity contribution in [2.45, 2.75) is 23.6 Å². The van der Waals surface area contributed by atoms with Gasteiger partial charge in [-0.2, -0.15) is 0 Å². The molecule has 1 aromatic rings. The van der Waals surface area contributed by atoms with Crippen molar-refractivity contribution in [3.8, 4) is 0 Å². The van der Waals surface area contributed by atoms with E-state index in [4.69, 9.17) is 0 Å². The van der Waals surface area contributed by atoms with Crippen LogP contribution in [0.1, 0.15) is 24.2 Å². The third-order valence-electron chi connectivity index (χ3n) is 1.72. The SMILES string of the molecule is CCSc1ccc(C=O)c(SCC)c1. The van der Waals surface area contributed by atoms with Gasteiger partial charge < -0.3 is 0 Å². The third-order valence-corrected chi connectivity index (χ3v) is 3.55. The highest BCUT2D eigenvalue weighted by Gasteiger charge is 2.02. The summed E-state index contributed by atoms with van der Waals surface area (Å²) in [7, 11) is 0. The zero-order chi connectivity index (χ0) is 10.4. The summed E-state index contributed by atoms with van der Waals surface area (Å²) in [4.78, 5) is 13.1. The minimum atomic E-state index is 0.803. The van der Waals surface area contributed by atoms with Crippen LogP contribution in [0.15, 0.2) is 28.0 Å². The van der Waals surface area contributed by atoms with Gasteiger partial charge in [-0.3, -0.25) is 4.79 Å². The summed E-state index contributed by atoms with van der Waals surface area (Å²) < 4.78 is 0. The van der Waals surface area contributed by atoms with Crippen molar-refractivity contribution >= 4 is 29.8 Å². The number of hydrogen-bond donors (Lipinski definition) is 0. The van der Waals surface area contributed by atoms with Crippen LogP contribution < -0.4 is 0 Å². The Morgan fingerprint density at radius 3 is 2.50 bits per heavy atom. The van der Waals surface area contributed by atoms with Crippen molar-refractivity contribution in [1.82, 2.24) is 0 Å². The summed E-state index contributed by atoms with van der Waals surface area (Å²) in [5.41, 5.74) is 0.803. The van der Waals surface area contributed by atoms with Crippen LogP contribution in [0, 0.1) is 0 Å². The van der Waals surface area contributed by atoms with Crippen LogP contribution in [-0.2, 0) is 0 Å². The Morgan fingerprint density at radius 2 is 1.93 bits per heavy atom. The molecule has 0 saturated heterocycles. The van der Waals surface area contributed by atoms with Crippen LogP contribution in [-0.4, -0.2) is 17.8 Å². The summed E-state index contributed by atoms with van der Waals surface area (Å²) in [5, 5.41) is 0. The highest BCUT2D eigenvalue weighted by atomic mass is 32.2. The van der Waals surface area contributed by atoms with E-state index in [1.807, 2.05) is 12.1 Å². The van der Waals surface area contributed by atoms with E-state index in [2.05, 4.69) is 19.9 Å². The molecule has 1 nitrogen and oxygen atoms in total. The highest BCUT2D eigenvalue weighted by Crippen LogP contribution is 2.27. The molecule has 0 bridgehead atoms. The monoisotopic (exact) mass is 226 g/mol. The molecule has 0 N–H and O–H groups in total. The molecular weight excluding hydrogens is 212 g/mol. The van der Waals surface area contributed by atoms with Gasteiger partial charge in [-0.1, -0.05) is 13.8 Å². The molecular formula is C11H14OS2. The number of carbonyl (C=O) groups is 1. The fourth-order valence-electron chi connectivity index (χ4n) is 1.15. The Bertz CT molecular complexity index is 310. The number of carbonyl (C=O) groups excluding carboxylic acids is 1. The number of thioether (sulfide) groups is 2. The first-order chi connectivity index (χ1) is 6.81. The summed E-state index contributed by atoms with van der Waals surface area (Å²) in [5.74, 6) is 2.07. The molecule has 0 aromatic heterocycles. The predicted molar refractivity (Wildman–Crippen MR) is 64.6 cm³/mol. The fourth-order valence-corrected chi connectivity index (χ4v) is 2.73. The van der Waals surface area contributed by atoms with Crippen LogP contribution in [0.5, 0.6) is 0 Å². The normalized spacial score (nSPS) is 10.1. The number of benzene rings is 1. The maximum absolute atomic E-state index is 10.8. The summed E-state index contributed by atoms with van der Waals surface area (Å²) in [6.07, 6.45) is 0.929. The molecule has 76 valence electrons. The third kappa shape index (κ3) is 3.07. The first kappa shape index (κ1) is 11.7. The molecule has 0 spiro atoms. The Morgan fingerprint density at radius 1 is 1.21 bits per heavy atom. The van der Waals surface area contributed by atoms with E-state index in [1.165, 1.54) is 4.90 Å². The molecule has 0 unspecified atom stereocenters. The van der Waals surface area contributed by atoms with Gasteiger partial charge in [0.2, 0.25) is 0 Å². The largest absolute Gasteiger partial charge is 0.298 e. The lowest BCUT2D eigenvalue weighted by molar-refractivity contribution is 0.112. The Balaban J connectivity index is 2.94.